The van der Waals surface area contributed by atoms with Crippen molar-refractivity contribution >= 4 is 17.5 Å². The Bertz CT molecular complexity index is 659. The Morgan fingerprint density at radius 2 is 2.30 bits per heavy atom. The molecule has 1 fully saturated rings. The number of likely N-dealkylation sites (tertiary alicyclic amines) is 1. The maximum absolute atomic E-state index is 13.1. The van der Waals surface area contributed by atoms with Crippen LogP contribution in [-0.2, 0) is 11.3 Å². The first-order valence-electron chi connectivity index (χ1n) is 6.19. The fourth-order valence-electron chi connectivity index (χ4n) is 2.11. The van der Waals surface area contributed by atoms with Gasteiger partial charge in [-0.2, -0.15) is 4.98 Å². The van der Waals surface area contributed by atoms with Crippen molar-refractivity contribution in [1.82, 2.24) is 15.0 Å². The maximum Gasteiger partial charge on any atom is 0.246 e. The molecule has 0 saturated carbocycles. The van der Waals surface area contributed by atoms with Crippen molar-refractivity contribution in [2.45, 2.75) is 19.4 Å². The summed E-state index contributed by atoms with van der Waals surface area (Å²) in [5, 5.41) is 3.82. The summed E-state index contributed by atoms with van der Waals surface area (Å²) in [4.78, 5) is 17.4. The Hall–Kier alpha value is -1.95. The van der Waals surface area contributed by atoms with E-state index in [1.54, 1.807) is 4.90 Å². The second kappa shape index (κ2) is 5.20. The van der Waals surface area contributed by atoms with Crippen LogP contribution < -0.4 is 0 Å². The molecule has 2 heterocycles. The molecular formula is C13H11ClFN3O2. The van der Waals surface area contributed by atoms with Crippen LogP contribution in [0.5, 0.6) is 0 Å². The van der Waals surface area contributed by atoms with Gasteiger partial charge in [-0.25, -0.2) is 4.39 Å². The normalized spacial score (nSPS) is 15.1. The smallest absolute Gasteiger partial charge is 0.246 e. The van der Waals surface area contributed by atoms with Crippen LogP contribution in [0, 0.1) is 5.82 Å². The van der Waals surface area contributed by atoms with E-state index in [4.69, 9.17) is 16.1 Å². The van der Waals surface area contributed by atoms with Crippen LogP contribution in [0.2, 0.25) is 5.02 Å². The highest BCUT2D eigenvalue weighted by atomic mass is 35.5. The number of carbonyl (C=O) groups excluding carboxylic acids is 1. The lowest BCUT2D eigenvalue weighted by atomic mass is 10.2. The predicted octanol–water partition coefficient (Wildman–Crippen LogP) is 2.65. The van der Waals surface area contributed by atoms with E-state index in [2.05, 4.69) is 10.1 Å². The van der Waals surface area contributed by atoms with E-state index < -0.39 is 5.82 Å². The van der Waals surface area contributed by atoms with Gasteiger partial charge in [0.15, 0.2) is 0 Å². The van der Waals surface area contributed by atoms with E-state index >= 15 is 0 Å². The second-order valence-corrected chi connectivity index (χ2v) is 4.97. The number of amides is 1. The molecule has 0 atom stereocenters. The summed E-state index contributed by atoms with van der Waals surface area (Å²) in [5.74, 6) is 0.278. The number of carbonyl (C=O) groups is 1. The van der Waals surface area contributed by atoms with E-state index in [-0.39, 0.29) is 10.9 Å². The van der Waals surface area contributed by atoms with Gasteiger partial charge in [0.05, 0.1) is 11.6 Å². The Labute approximate surface area is 119 Å². The van der Waals surface area contributed by atoms with E-state index in [0.29, 0.717) is 36.8 Å². The van der Waals surface area contributed by atoms with Crippen molar-refractivity contribution in [3.05, 3.63) is 34.9 Å². The molecule has 2 aromatic rings. The average molecular weight is 296 g/mol. The van der Waals surface area contributed by atoms with Gasteiger partial charge in [0.25, 0.3) is 0 Å². The molecule has 1 aliphatic rings. The number of aromatic nitrogens is 2. The molecule has 1 aliphatic heterocycles. The third-order valence-corrected chi connectivity index (χ3v) is 3.43. The van der Waals surface area contributed by atoms with Crippen LogP contribution in [0.25, 0.3) is 11.4 Å². The molecular weight excluding hydrogens is 285 g/mol. The number of nitrogens with zero attached hydrogens (tertiary/aromatic N) is 3. The highest BCUT2D eigenvalue weighted by Gasteiger charge is 2.22. The quantitative estimate of drug-likeness (QED) is 0.873. The highest BCUT2D eigenvalue weighted by molar-refractivity contribution is 6.31. The highest BCUT2D eigenvalue weighted by Crippen LogP contribution is 2.23. The molecule has 0 N–H and O–H groups in total. The topological polar surface area (TPSA) is 59.2 Å². The number of halogens is 2. The van der Waals surface area contributed by atoms with Crippen LogP contribution in [0.3, 0.4) is 0 Å². The Morgan fingerprint density at radius 1 is 1.45 bits per heavy atom. The lowest BCUT2D eigenvalue weighted by Crippen LogP contribution is -2.23. The molecule has 1 saturated heterocycles. The van der Waals surface area contributed by atoms with Gasteiger partial charge >= 0.3 is 0 Å². The molecule has 0 unspecified atom stereocenters. The van der Waals surface area contributed by atoms with Gasteiger partial charge in [-0.05, 0) is 24.6 Å². The van der Waals surface area contributed by atoms with Crippen molar-refractivity contribution in [2.24, 2.45) is 0 Å². The fourth-order valence-corrected chi connectivity index (χ4v) is 2.29. The lowest BCUT2D eigenvalue weighted by Gasteiger charge is -2.11. The minimum Gasteiger partial charge on any atom is -0.337 e. The zero-order valence-corrected chi connectivity index (χ0v) is 11.2. The molecule has 5 nitrogen and oxygen atoms in total. The molecule has 1 aromatic carbocycles. The van der Waals surface area contributed by atoms with E-state index in [1.807, 2.05) is 0 Å². The molecule has 0 spiro atoms. The van der Waals surface area contributed by atoms with Crippen LogP contribution in [0.15, 0.2) is 22.7 Å². The molecule has 3 rings (SSSR count). The lowest BCUT2D eigenvalue weighted by molar-refractivity contribution is -0.128. The summed E-state index contributed by atoms with van der Waals surface area (Å²) in [5.41, 5.74) is 0.569. The van der Waals surface area contributed by atoms with E-state index in [0.717, 1.165) is 6.42 Å². The van der Waals surface area contributed by atoms with Crippen molar-refractivity contribution in [3.8, 4) is 11.4 Å². The summed E-state index contributed by atoms with van der Waals surface area (Å²) in [6.45, 7) is 1.01. The molecule has 104 valence electrons. The molecule has 0 aliphatic carbocycles. The van der Waals surface area contributed by atoms with Crippen LogP contribution in [-0.4, -0.2) is 27.5 Å². The monoisotopic (exact) mass is 295 g/mol. The SMILES string of the molecule is O=C1CCCN1Cc1nc(-c2ccc(F)c(Cl)c2)no1. The van der Waals surface area contributed by atoms with Gasteiger partial charge in [0.1, 0.15) is 5.82 Å². The molecule has 1 amide bonds. The Morgan fingerprint density at radius 3 is 3.00 bits per heavy atom. The van der Waals surface area contributed by atoms with Crippen LogP contribution in [0.4, 0.5) is 4.39 Å². The van der Waals surface area contributed by atoms with Gasteiger partial charge in [-0.1, -0.05) is 16.8 Å². The predicted molar refractivity (Wildman–Crippen MR) is 69.4 cm³/mol. The summed E-state index contributed by atoms with van der Waals surface area (Å²) in [7, 11) is 0. The van der Waals surface area contributed by atoms with Gasteiger partial charge < -0.3 is 9.42 Å². The summed E-state index contributed by atoms with van der Waals surface area (Å²) in [6, 6.07) is 4.21. The van der Waals surface area contributed by atoms with Crippen molar-refractivity contribution in [1.29, 1.82) is 0 Å². The van der Waals surface area contributed by atoms with E-state index in [9.17, 15) is 9.18 Å². The third-order valence-electron chi connectivity index (χ3n) is 3.14. The standard InChI is InChI=1S/C13H11ClFN3O2/c14-9-6-8(3-4-10(9)15)13-16-11(20-17-13)7-18-5-1-2-12(18)19/h3-4,6H,1-2,5,7H2. The number of benzene rings is 1. The first-order valence-corrected chi connectivity index (χ1v) is 6.57. The number of hydrogen-bond donors (Lipinski definition) is 0. The van der Waals surface area contributed by atoms with Crippen molar-refractivity contribution in [3.63, 3.8) is 0 Å². The Kier molecular flexibility index (Phi) is 3.40. The summed E-state index contributed by atoms with van der Waals surface area (Å²) < 4.78 is 18.2. The van der Waals surface area contributed by atoms with Gasteiger partial charge in [0.2, 0.25) is 17.6 Å². The fraction of sp³-hybridized carbons (Fsp3) is 0.308. The molecule has 0 bridgehead atoms. The third kappa shape index (κ3) is 2.51. The Balaban J connectivity index is 1.79. The zero-order chi connectivity index (χ0) is 14.1. The first kappa shape index (κ1) is 13.1. The van der Waals surface area contributed by atoms with Crippen molar-refractivity contribution < 1.29 is 13.7 Å². The van der Waals surface area contributed by atoms with Crippen LogP contribution in [0.1, 0.15) is 18.7 Å². The zero-order valence-electron chi connectivity index (χ0n) is 10.5. The molecule has 7 heteroatoms. The maximum atomic E-state index is 13.1. The van der Waals surface area contributed by atoms with Crippen molar-refractivity contribution in [2.75, 3.05) is 6.54 Å². The number of rotatable bonds is 3. The summed E-state index contributed by atoms with van der Waals surface area (Å²) >= 11 is 5.71. The minimum absolute atomic E-state index is 0.00331. The van der Waals surface area contributed by atoms with Gasteiger partial charge in [-0.15, -0.1) is 0 Å². The molecule has 20 heavy (non-hydrogen) atoms. The average Bonchev–Trinajstić information content (AvgIpc) is 3.04. The van der Waals surface area contributed by atoms with Gasteiger partial charge in [-0.3, -0.25) is 4.79 Å². The molecule has 0 radical (unpaired) electrons. The van der Waals surface area contributed by atoms with Gasteiger partial charge in [0, 0.05) is 18.5 Å². The van der Waals surface area contributed by atoms with E-state index in [1.165, 1.54) is 18.2 Å². The van der Waals surface area contributed by atoms with Crippen LogP contribution >= 0.6 is 11.6 Å². The first-order chi connectivity index (χ1) is 9.63. The summed E-state index contributed by atoms with van der Waals surface area (Å²) in [6.07, 6.45) is 1.42. The minimum atomic E-state index is -0.498. The number of hydrogen-bond acceptors (Lipinski definition) is 4. The molecule has 1 aromatic heterocycles. The second-order valence-electron chi connectivity index (χ2n) is 4.56. The largest absolute Gasteiger partial charge is 0.337 e.